The highest BCUT2D eigenvalue weighted by molar-refractivity contribution is 5.84. The van der Waals surface area contributed by atoms with Gasteiger partial charge in [-0.3, -0.25) is 9.59 Å². The fourth-order valence-electron chi connectivity index (χ4n) is 2.71. The van der Waals surface area contributed by atoms with Crippen molar-refractivity contribution in [1.82, 2.24) is 5.32 Å². The van der Waals surface area contributed by atoms with Crippen LogP contribution < -0.4 is 5.32 Å². The van der Waals surface area contributed by atoms with Gasteiger partial charge in [-0.15, -0.1) is 0 Å². The van der Waals surface area contributed by atoms with Crippen molar-refractivity contribution in [2.24, 2.45) is 11.8 Å². The Hall–Kier alpha value is -1.06. The van der Waals surface area contributed by atoms with Crippen molar-refractivity contribution in [3.05, 3.63) is 0 Å². The molecule has 78 valence electrons. The van der Waals surface area contributed by atoms with E-state index in [2.05, 4.69) is 5.32 Å². The Morgan fingerprint density at radius 1 is 1.36 bits per heavy atom. The van der Waals surface area contributed by atoms with Gasteiger partial charge in [0, 0.05) is 12.5 Å². The Bertz CT molecular complexity index is 262. The predicted molar refractivity (Wildman–Crippen MR) is 49.6 cm³/mol. The van der Waals surface area contributed by atoms with Crippen molar-refractivity contribution >= 4 is 11.9 Å². The molecule has 0 bridgehead atoms. The third kappa shape index (κ3) is 1.61. The molecule has 0 aromatic rings. The maximum atomic E-state index is 11.3. The zero-order chi connectivity index (χ0) is 10.1. The number of hydrogen-bond acceptors (Lipinski definition) is 2. The molecule has 0 aromatic carbocycles. The van der Waals surface area contributed by atoms with E-state index in [4.69, 9.17) is 5.11 Å². The highest BCUT2D eigenvalue weighted by atomic mass is 16.4. The second-order valence-corrected chi connectivity index (χ2v) is 4.27. The highest BCUT2D eigenvalue weighted by Gasteiger charge is 2.41. The van der Waals surface area contributed by atoms with Crippen molar-refractivity contribution in [1.29, 1.82) is 0 Å². The number of rotatable bonds is 1. The molecule has 4 heteroatoms. The van der Waals surface area contributed by atoms with Gasteiger partial charge in [0.15, 0.2) is 0 Å². The summed E-state index contributed by atoms with van der Waals surface area (Å²) >= 11 is 0. The standard InChI is InChI=1S/C10H15NO3/c12-9-5-7(10(13)14)6-3-1-2-4-8(6)11-9/h6-8H,1-5H2,(H,11,12)(H,13,14). The van der Waals surface area contributed by atoms with E-state index in [0.717, 1.165) is 25.7 Å². The highest BCUT2D eigenvalue weighted by Crippen LogP contribution is 2.35. The Kier molecular flexibility index (Phi) is 2.44. The van der Waals surface area contributed by atoms with Gasteiger partial charge in [0.25, 0.3) is 0 Å². The van der Waals surface area contributed by atoms with Gasteiger partial charge in [-0.05, 0) is 18.8 Å². The molecule has 3 atom stereocenters. The maximum absolute atomic E-state index is 11.3. The lowest BCUT2D eigenvalue weighted by Gasteiger charge is -2.39. The molecule has 2 fully saturated rings. The van der Waals surface area contributed by atoms with Gasteiger partial charge in [0.05, 0.1) is 5.92 Å². The van der Waals surface area contributed by atoms with E-state index in [0.29, 0.717) is 0 Å². The van der Waals surface area contributed by atoms with Crippen LogP contribution in [-0.2, 0) is 9.59 Å². The van der Waals surface area contributed by atoms with Crippen LogP contribution in [-0.4, -0.2) is 23.0 Å². The van der Waals surface area contributed by atoms with Gasteiger partial charge in [0.2, 0.25) is 5.91 Å². The lowest BCUT2D eigenvalue weighted by molar-refractivity contribution is -0.150. The minimum Gasteiger partial charge on any atom is -0.481 e. The van der Waals surface area contributed by atoms with Crippen molar-refractivity contribution in [3.8, 4) is 0 Å². The first kappa shape index (κ1) is 9.49. The number of hydrogen-bond donors (Lipinski definition) is 2. The number of aliphatic carboxylic acids is 1. The van der Waals surface area contributed by atoms with Crippen molar-refractivity contribution < 1.29 is 14.7 Å². The summed E-state index contributed by atoms with van der Waals surface area (Å²) in [6.07, 6.45) is 4.26. The van der Waals surface area contributed by atoms with Crippen LogP contribution in [0.4, 0.5) is 0 Å². The number of carboxylic acids is 1. The Balaban J connectivity index is 2.14. The molecule has 2 rings (SSSR count). The van der Waals surface area contributed by atoms with E-state index >= 15 is 0 Å². The van der Waals surface area contributed by atoms with Crippen LogP contribution >= 0.6 is 0 Å². The molecular weight excluding hydrogens is 182 g/mol. The van der Waals surface area contributed by atoms with Gasteiger partial charge in [0.1, 0.15) is 0 Å². The molecule has 0 aromatic heterocycles. The summed E-state index contributed by atoms with van der Waals surface area (Å²) < 4.78 is 0. The number of carbonyl (C=O) groups excluding carboxylic acids is 1. The maximum Gasteiger partial charge on any atom is 0.307 e. The zero-order valence-electron chi connectivity index (χ0n) is 8.03. The average Bonchev–Trinajstić information content (AvgIpc) is 2.16. The van der Waals surface area contributed by atoms with Crippen LogP contribution in [0.3, 0.4) is 0 Å². The molecule has 1 saturated carbocycles. The SMILES string of the molecule is O=C1CC(C(=O)O)C2CCCCC2N1. The van der Waals surface area contributed by atoms with Crippen LogP contribution in [0.25, 0.3) is 0 Å². The van der Waals surface area contributed by atoms with Crippen LogP contribution in [0.1, 0.15) is 32.1 Å². The van der Waals surface area contributed by atoms with Gasteiger partial charge in [-0.2, -0.15) is 0 Å². The Labute approximate surface area is 82.7 Å². The monoisotopic (exact) mass is 197 g/mol. The van der Waals surface area contributed by atoms with E-state index in [1.54, 1.807) is 0 Å². The Morgan fingerprint density at radius 3 is 2.79 bits per heavy atom. The molecule has 0 spiro atoms. The summed E-state index contributed by atoms with van der Waals surface area (Å²) in [5.74, 6) is -1.19. The summed E-state index contributed by atoms with van der Waals surface area (Å²) in [6.45, 7) is 0. The molecular formula is C10H15NO3. The second-order valence-electron chi connectivity index (χ2n) is 4.27. The summed E-state index contributed by atoms with van der Waals surface area (Å²) in [5, 5.41) is 11.9. The molecule has 2 N–H and O–H groups in total. The molecule has 1 aliphatic heterocycles. The normalized spacial score (nSPS) is 37.1. The van der Waals surface area contributed by atoms with Crippen molar-refractivity contribution in [2.75, 3.05) is 0 Å². The zero-order valence-corrected chi connectivity index (χ0v) is 8.03. The molecule has 2 aliphatic rings. The molecule has 14 heavy (non-hydrogen) atoms. The van der Waals surface area contributed by atoms with Crippen molar-refractivity contribution in [2.45, 2.75) is 38.1 Å². The lowest BCUT2D eigenvalue weighted by atomic mass is 9.73. The largest absolute Gasteiger partial charge is 0.481 e. The first-order chi connectivity index (χ1) is 6.68. The molecule has 1 saturated heterocycles. The summed E-state index contributed by atoms with van der Waals surface area (Å²) in [6, 6.07) is 0.117. The average molecular weight is 197 g/mol. The van der Waals surface area contributed by atoms with Gasteiger partial charge in [-0.1, -0.05) is 12.8 Å². The minimum absolute atomic E-state index is 0.0967. The van der Waals surface area contributed by atoms with Crippen LogP contribution in [0.5, 0.6) is 0 Å². The van der Waals surface area contributed by atoms with Crippen molar-refractivity contribution in [3.63, 3.8) is 0 Å². The third-order valence-electron chi connectivity index (χ3n) is 3.41. The van der Waals surface area contributed by atoms with Crippen LogP contribution in [0, 0.1) is 11.8 Å². The van der Waals surface area contributed by atoms with Crippen LogP contribution in [0.15, 0.2) is 0 Å². The lowest BCUT2D eigenvalue weighted by Crippen LogP contribution is -2.52. The number of carbonyl (C=O) groups is 2. The first-order valence-corrected chi connectivity index (χ1v) is 5.20. The van der Waals surface area contributed by atoms with E-state index < -0.39 is 11.9 Å². The summed E-state index contributed by atoms with van der Waals surface area (Å²) in [5.41, 5.74) is 0. The smallest absolute Gasteiger partial charge is 0.307 e. The molecule has 3 unspecified atom stereocenters. The van der Waals surface area contributed by atoms with E-state index in [1.165, 1.54) is 0 Å². The number of carboxylic acid groups (broad SMARTS) is 1. The Morgan fingerprint density at radius 2 is 2.07 bits per heavy atom. The van der Waals surface area contributed by atoms with E-state index in [9.17, 15) is 9.59 Å². The van der Waals surface area contributed by atoms with Crippen LogP contribution in [0.2, 0.25) is 0 Å². The summed E-state index contributed by atoms with van der Waals surface area (Å²) in [7, 11) is 0. The quantitative estimate of drug-likeness (QED) is 0.652. The minimum atomic E-state index is -0.809. The van der Waals surface area contributed by atoms with E-state index in [1.807, 2.05) is 0 Å². The number of fused-ring (bicyclic) bond motifs is 1. The fraction of sp³-hybridized carbons (Fsp3) is 0.800. The van der Waals surface area contributed by atoms with Gasteiger partial charge in [-0.25, -0.2) is 0 Å². The molecule has 1 heterocycles. The van der Waals surface area contributed by atoms with E-state index in [-0.39, 0.29) is 24.3 Å². The number of piperidine rings is 1. The molecule has 1 amide bonds. The number of amides is 1. The predicted octanol–water partition coefficient (Wildman–Crippen LogP) is 0.766. The van der Waals surface area contributed by atoms with Gasteiger partial charge >= 0.3 is 5.97 Å². The second kappa shape index (κ2) is 3.59. The molecule has 0 radical (unpaired) electrons. The fourth-order valence-corrected chi connectivity index (χ4v) is 2.71. The third-order valence-corrected chi connectivity index (χ3v) is 3.41. The molecule has 4 nitrogen and oxygen atoms in total. The topological polar surface area (TPSA) is 66.4 Å². The summed E-state index contributed by atoms with van der Waals surface area (Å²) in [4.78, 5) is 22.2. The molecule has 1 aliphatic carbocycles. The number of nitrogens with one attached hydrogen (secondary N) is 1. The first-order valence-electron chi connectivity index (χ1n) is 5.20. The van der Waals surface area contributed by atoms with Gasteiger partial charge < -0.3 is 10.4 Å².